The van der Waals surface area contributed by atoms with E-state index in [0.29, 0.717) is 24.3 Å². The van der Waals surface area contributed by atoms with Crippen LogP contribution in [0.1, 0.15) is 52.0 Å². The summed E-state index contributed by atoms with van der Waals surface area (Å²) < 4.78 is 29.1. The molecule has 1 aliphatic rings. The zero-order chi connectivity index (χ0) is 27.2. The molecular weight excluding hydrogens is 508 g/mol. The van der Waals surface area contributed by atoms with Crippen LogP contribution >= 0.6 is 0 Å². The Labute approximate surface area is 229 Å². The standard InChI is InChI=1S/C31H32N4O3S/c1-2-22-10-15-26(16-11-22)39(37,38)35-29-17-13-24-12-14-25(21-28(24)29)34-30-27(9-6-19-32-30)31(36)33-20-18-23-7-4-3-5-8-23/h3-12,14-16,19,21,29,35H,2,13,17-18,20H2,1H3,(H,32,34)(H,33,36). The lowest BCUT2D eigenvalue weighted by molar-refractivity contribution is 0.0954. The summed E-state index contributed by atoms with van der Waals surface area (Å²) in [6, 6.07) is 26.0. The highest BCUT2D eigenvalue weighted by atomic mass is 32.2. The number of fused-ring (bicyclic) bond motifs is 1. The van der Waals surface area contributed by atoms with Crippen LogP contribution in [0.5, 0.6) is 0 Å². The van der Waals surface area contributed by atoms with Gasteiger partial charge in [-0.25, -0.2) is 18.1 Å². The van der Waals surface area contributed by atoms with Crippen molar-refractivity contribution in [3.63, 3.8) is 0 Å². The minimum Gasteiger partial charge on any atom is -0.352 e. The van der Waals surface area contributed by atoms with Crippen LogP contribution < -0.4 is 15.4 Å². The highest BCUT2D eigenvalue weighted by molar-refractivity contribution is 7.89. The fourth-order valence-electron chi connectivity index (χ4n) is 4.85. The summed E-state index contributed by atoms with van der Waals surface area (Å²) in [5.41, 5.74) is 5.47. The number of pyridine rings is 1. The highest BCUT2D eigenvalue weighted by Gasteiger charge is 2.28. The number of rotatable bonds is 10. The van der Waals surface area contributed by atoms with Crippen LogP contribution in [0.15, 0.2) is 96.0 Å². The summed E-state index contributed by atoms with van der Waals surface area (Å²) in [5.74, 6) is 0.239. The number of hydrogen-bond donors (Lipinski definition) is 3. The molecule has 1 heterocycles. The second kappa shape index (κ2) is 11.8. The second-order valence-corrected chi connectivity index (χ2v) is 11.4. The summed E-state index contributed by atoms with van der Waals surface area (Å²) in [6.45, 7) is 2.55. The number of sulfonamides is 1. The molecule has 1 unspecified atom stereocenters. The van der Waals surface area contributed by atoms with E-state index in [-0.39, 0.29) is 16.8 Å². The van der Waals surface area contributed by atoms with Crippen molar-refractivity contribution in [3.05, 3.63) is 119 Å². The van der Waals surface area contributed by atoms with Gasteiger partial charge in [-0.15, -0.1) is 0 Å². The molecular formula is C31H32N4O3S. The second-order valence-electron chi connectivity index (χ2n) is 9.64. The number of amides is 1. The van der Waals surface area contributed by atoms with Crippen LogP contribution in [-0.4, -0.2) is 25.9 Å². The SMILES string of the molecule is CCc1ccc(S(=O)(=O)NC2CCc3ccc(Nc4ncccc4C(=O)NCCc4ccccc4)cc32)cc1. The molecule has 4 aromatic rings. The van der Waals surface area contributed by atoms with Gasteiger partial charge in [0.25, 0.3) is 5.91 Å². The van der Waals surface area contributed by atoms with Crippen LogP contribution in [0.3, 0.4) is 0 Å². The van der Waals surface area contributed by atoms with Crippen molar-refractivity contribution in [2.75, 3.05) is 11.9 Å². The third-order valence-corrected chi connectivity index (χ3v) is 8.51. The van der Waals surface area contributed by atoms with Crippen molar-refractivity contribution < 1.29 is 13.2 Å². The Morgan fingerprint density at radius 3 is 2.51 bits per heavy atom. The Morgan fingerprint density at radius 1 is 0.949 bits per heavy atom. The molecule has 1 aliphatic carbocycles. The third-order valence-electron chi connectivity index (χ3n) is 7.02. The van der Waals surface area contributed by atoms with Gasteiger partial charge in [0, 0.05) is 24.5 Å². The fraction of sp³-hybridized carbons (Fsp3) is 0.226. The van der Waals surface area contributed by atoms with Gasteiger partial charge in [-0.1, -0.05) is 55.5 Å². The molecule has 1 amide bonds. The fourth-order valence-corrected chi connectivity index (χ4v) is 6.10. The Morgan fingerprint density at radius 2 is 1.74 bits per heavy atom. The number of aromatic nitrogens is 1. The average Bonchev–Trinajstić information content (AvgIpc) is 3.35. The molecule has 1 aromatic heterocycles. The van der Waals surface area contributed by atoms with Gasteiger partial charge >= 0.3 is 0 Å². The predicted molar refractivity (Wildman–Crippen MR) is 154 cm³/mol. The first-order valence-electron chi connectivity index (χ1n) is 13.2. The van der Waals surface area contributed by atoms with Gasteiger partial charge in [-0.2, -0.15) is 0 Å². The van der Waals surface area contributed by atoms with E-state index in [1.165, 1.54) is 0 Å². The monoisotopic (exact) mass is 540 g/mol. The van der Waals surface area contributed by atoms with E-state index < -0.39 is 10.0 Å². The maximum Gasteiger partial charge on any atom is 0.255 e. The number of carbonyl (C=O) groups is 1. The van der Waals surface area contributed by atoms with E-state index in [1.807, 2.05) is 67.6 Å². The summed E-state index contributed by atoms with van der Waals surface area (Å²) in [5, 5.41) is 6.24. The van der Waals surface area contributed by atoms with Crippen LogP contribution in [-0.2, 0) is 29.3 Å². The normalized spacial score (nSPS) is 14.5. The van der Waals surface area contributed by atoms with E-state index in [2.05, 4.69) is 20.3 Å². The first kappa shape index (κ1) is 26.6. The minimum absolute atomic E-state index is 0.206. The van der Waals surface area contributed by atoms with E-state index in [4.69, 9.17) is 0 Å². The molecule has 0 spiro atoms. The molecule has 3 N–H and O–H groups in total. The Kier molecular flexibility index (Phi) is 8.05. The lowest BCUT2D eigenvalue weighted by atomic mass is 10.1. The van der Waals surface area contributed by atoms with Gasteiger partial charge in [0.2, 0.25) is 10.0 Å². The number of carbonyl (C=O) groups excluding carboxylic acids is 1. The maximum atomic E-state index is 13.1. The number of anilines is 2. The number of nitrogens with one attached hydrogen (secondary N) is 3. The van der Waals surface area contributed by atoms with E-state index in [1.54, 1.807) is 30.5 Å². The van der Waals surface area contributed by atoms with E-state index in [0.717, 1.165) is 47.2 Å². The van der Waals surface area contributed by atoms with Crippen molar-refractivity contribution in [3.8, 4) is 0 Å². The molecule has 0 saturated heterocycles. The van der Waals surface area contributed by atoms with E-state index in [9.17, 15) is 13.2 Å². The molecule has 0 fully saturated rings. The predicted octanol–water partition coefficient (Wildman–Crippen LogP) is 5.33. The third kappa shape index (κ3) is 6.35. The largest absolute Gasteiger partial charge is 0.352 e. The first-order valence-corrected chi connectivity index (χ1v) is 14.7. The van der Waals surface area contributed by atoms with Crippen molar-refractivity contribution in [1.82, 2.24) is 15.0 Å². The number of hydrogen-bond acceptors (Lipinski definition) is 5. The molecule has 8 heteroatoms. The Bertz CT molecular complexity index is 1550. The summed E-state index contributed by atoms with van der Waals surface area (Å²) >= 11 is 0. The van der Waals surface area contributed by atoms with E-state index >= 15 is 0 Å². The minimum atomic E-state index is -3.67. The lowest BCUT2D eigenvalue weighted by Crippen LogP contribution is -2.27. The molecule has 7 nitrogen and oxygen atoms in total. The van der Waals surface area contributed by atoms with Crippen LogP contribution in [0, 0.1) is 0 Å². The van der Waals surface area contributed by atoms with Gasteiger partial charge in [0.05, 0.1) is 10.5 Å². The van der Waals surface area contributed by atoms with Gasteiger partial charge in [0.15, 0.2) is 0 Å². The van der Waals surface area contributed by atoms with Gasteiger partial charge in [0.1, 0.15) is 5.82 Å². The van der Waals surface area contributed by atoms with Crippen molar-refractivity contribution >= 4 is 27.4 Å². The van der Waals surface area contributed by atoms with Crippen LogP contribution in [0.4, 0.5) is 11.5 Å². The Hall–Kier alpha value is -4.01. The van der Waals surface area contributed by atoms with Crippen molar-refractivity contribution in [2.24, 2.45) is 0 Å². The van der Waals surface area contributed by atoms with Crippen molar-refractivity contribution in [2.45, 2.75) is 43.5 Å². The molecule has 0 bridgehead atoms. The molecule has 5 rings (SSSR count). The van der Waals surface area contributed by atoms with Gasteiger partial charge in [-0.05, 0) is 84.3 Å². The number of benzene rings is 3. The molecule has 3 aromatic carbocycles. The molecule has 0 aliphatic heterocycles. The molecule has 39 heavy (non-hydrogen) atoms. The summed E-state index contributed by atoms with van der Waals surface area (Å²) in [6.07, 6.45) is 4.70. The zero-order valence-electron chi connectivity index (χ0n) is 21.9. The molecule has 1 atom stereocenters. The number of nitrogens with zero attached hydrogens (tertiary/aromatic N) is 1. The summed E-state index contributed by atoms with van der Waals surface area (Å²) in [4.78, 5) is 17.6. The van der Waals surface area contributed by atoms with Gasteiger partial charge in [-0.3, -0.25) is 4.79 Å². The van der Waals surface area contributed by atoms with Crippen LogP contribution in [0.25, 0.3) is 0 Å². The number of aryl methyl sites for hydroxylation is 2. The van der Waals surface area contributed by atoms with Crippen molar-refractivity contribution in [1.29, 1.82) is 0 Å². The lowest BCUT2D eigenvalue weighted by Gasteiger charge is -2.17. The average molecular weight is 541 g/mol. The highest BCUT2D eigenvalue weighted by Crippen LogP contribution is 2.35. The maximum absolute atomic E-state index is 13.1. The topological polar surface area (TPSA) is 100 Å². The smallest absolute Gasteiger partial charge is 0.255 e. The van der Waals surface area contributed by atoms with Gasteiger partial charge < -0.3 is 10.6 Å². The first-order chi connectivity index (χ1) is 18.9. The molecule has 200 valence electrons. The zero-order valence-corrected chi connectivity index (χ0v) is 22.7. The van der Waals surface area contributed by atoms with Crippen LogP contribution in [0.2, 0.25) is 0 Å². The summed E-state index contributed by atoms with van der Waals surface area (Å²) in [7, 11) is -3.67. The Balaban J connectivity index is 1.28. The quantitative estimate of drug-likeness (QED) is 0.253. The molecule has 0 saturated carbocycles. The molecule has 0 radical (unpaired) electrons.